The highest BCUT2D eigenvalue weighted by Gasteiger charge is 2.12. The number of rotatable bonds is 5. The molecule has 0 amide bonds. The molecular weight excluding hydrogens is 290 g/mol. The lowest BCUT2D eigenvalue weighted by Gasteiger charge is -2.19. The molecule has 6 heteroatoms. The summed E-state index contributed by atoms with van der Waals surface area (Å²) in [7, 11) is 0. The van der Waals surface area contributed by atoms with Crippen LogP contribution in [-0.2, 0) is 6.54 Å². The van der Waals surface area contributed by atoms with Crippen LogP contribution in [0.4, 0.5) is 0 Å². The summed E-state index contributed by atoms with van der Waals surface area (Å²) in [5.41, 5.74) is 0.0676. The molecule has 4 nitrogen and oxygen atoms in total. The number of nitrogens with one attached hydrogen (secondary N) is 1. The van der Waals surface area contributed by atoms with Crippen molar-refractivity contribution in [3.63, 3.8) is 0 Å². The first-order valence-corrected chi connectivity index (χ1v) is 8.40. The molecule has 0 aliphatic rings. The largest absolute Gasteiger partial charge is 0.429 e. The van der Waals surface area contributed by atoms with Gasteiger partial charge in [0.25, 0.3) is 5.19 Å². The third kappa shape index (κ3) is 4.47. The molecule has 1 heterocycles. The number of para-hydroxylation sites is 1. The molecule has 0 radical (unpaired) electrons. The van der Waals surface area contributed by atoms with Crippen molar-refractivity contribution in [1.29, 1.82) is 0 Å². The Morgan fingerprint density at radius 1 is 1.25 bits per heavy atom. The van der Waals surface area contributed by atoms with Crippen LogP contribution in [0.3, 0.4) is 0 Å². The second-order valence-corrected chi connectivity index (χ2v) is 7.19. The Morgan fingerprint density at radius 2 is 2.00 bits per heavy atom. The third-order valence-electron chi connectivity index (χ3n) is 2.48. The van der Waals surface area contributed by atoms with E-state index >= 15 is 0 Å². The van der Waals surface area contributed by atoms with Gasteiger partial charge in [0.05, 0.1) is 6.54 Å². The van der Waals surface area contributed by atoms with Crippen molar-refractivity contribution < 1.29 is 4.74 Å². The van der Waals surface area contributed by atoms with Crippen molar-refractivity contribution in [2.45, 2.75) is 37.8 Å². The standard InChI is InChI=1S/C14H19N3OS2/c1-14(2,3)15-9-12-16-17-13(20-12)18-10-7-5-6-8-11(10)19-4/h5-8,15H,9H2,1-4H3. The molecule has 0 aliphatic heterocycles. The van der Waals surface area contributed by atoms with E-state index in [1.54, 1.807) is 11.8 Å². The van der Waals surface area contributed by atoms with Gasteiger partial charge >= 0.3 is 0 Å². The minimum atomic E-state index is 0.0676. The van der Waals surface area contributed by atoms with Gasteiger partial charge in [-0.2, -0.15) is 0 Å². The lowest BCUT2D eigenvalue weighted by molar-refractivity contribution is 0.422. The maximum Gasteiger partial charge on any atom is 0.299 e. The van der Waals surface area contributed by atoms with Gasteiger partial charge in [0, 0.05) is 10.4 Å². The molecule has 0 fully saturated rings. The molecule has 0 bridgehead atoms. The molecule has 2 aromatic rings. The molecule has 1 aromatic heterocycles. The number of nitrogens with zero attached hydrogens (tertiary/aromatic N) is 2. The Labute approximate surface area is 128 Å². The molecule has 0 saturated carbocycles. The molecule has 1 aromatic carbocycles. The third-order valence-corrected chi connectivity index (χ3v) is 4.06. The van der Waals surface area contributed by atoms with E-state index in [-0.39, 0.29) is 5.54 Å². The monoisotopic (exact) mass is 309 g/mol. The van der Waals surface area contributed by atoms with Crippen molar-refractivity contribution in [2.75, 3.05) is 6.26 Å². The van der Waals surface area contributed by atoms with Gasteiger partial charge < -0.3 is 10.1 Å². The predicted molar refractivity (Wildman–Crippen MR) is 84.8 cm³/mol. The molecule has 0 aliphatic carbocycles. The maximum absolute atomic E-state index is 5.81. The summed E-state index contributed by atoms with van der Waals surface area (Å²) >= 11 is 3.13. The van der Waals surface area contributed by atoms with Gasteiger partial charge in [-0.05, 0) is 39.2 Å². The number of hydrogen-bond donors (Lipinski definition) is 1. The molecule has 2 rings (SSSR count). The van der Waals surface area contributed by atoms with Crippen LogP contribution >= 0.6 is 23.1 Å². The quantitative estimate of drug-likeness (QED) is 0.848. The summed E-state index contributed by atoms with van der Waals surface area (Å²) in [6.45, 7) is 7.08. The van der Waals surface area contributed by atoms with Crippen molar-refractivity contribution in [3.8, 4) is 10.9 Å². The van der Waals surface area contributed by atoms with Gasteiger partial charge in [-0.15, -0.1) is 16.9 Å². The van der Waals surface area contributed by atoms with Crippen LogP contribution < -0.4 is 10.1 Å². The number of hydrogen-bond acceptors (Lipinski definition) is 6. The lowest BCUT2D eigenvalue weighted by atomic mass is 10.1. The van der Waals surface area contributed by atoms with Gasteiger partial charge in [0.15, 0.2) is 0 Å². The number of thioether (sulfide) groups is 1. The summed E-state index contributed by atoms with van der Waals surface area (Å²) < 4.78 is 5.81. The molecule has 0 saturated heterocycles. The first kappa shape index (κ1) is 15.3. The van der Waals surface area contributed by atoms with E-state index in [0.717, 1.165) is 15.7 Å². The van der Waals surface area contributed by atoms with Crippen LogP contribution in [0, 0.1) is 0 Å². The van der Waals surface area contributed by atoms with Crippen LogP contribution in [0.2, 0.25) is 0 Å². The molecule has 0 unspecified atom stereocenters. The Hall–Kier alpha value is -1.11. The van der Waals surface area contributed by atoms with Gasteiger partial charge in [0.1, 0.15) is 10.8 Å². The first-order valence-electron chi connectivity index (χ1n) is 6.36. The van der Waals surface area contributed by atoms with Crippen LogP contribution in [0.1, 0.15) is 25.8 Å². The highest BCUT2D eigenvalue weighted by atomic mass is 32.2. The SMILES string of the molecule is CSc1ccccc1Oc1nnc(CNC(C)(C)C)s1. The van der Waals surface area contributed by atoms with Crippen molar-refractivity contribution in [2.24, 2.45) is 0 Å². The lowest BCUT2D eigenvalue weighted by Crippen LogP contribution is -2.35. The summed E-state index contributed by atoms with van der Waals surface area (Å²) in [4.78, 5) is 1.09. The van der Waals surface area contributed by atoms with Crippen LogP contribution in [-0.4, -0.2) is 22.0 Å². The van der Waals surface area contributed by atoms with E-state index in [0.29, 0.717) is 11.7 Å². The number of aromatic nitrogens is 2. The highest BCUT2D eigenvalue weighted by molar-refractivity contribution is 7.98. The Balaban J connectivity index is 2.02. The second-order valence-electron chi connectivity index (χ2n) is 5.32. The number of benzene rings is 1. The smallest absolute Gasteiger partial charge is 0.299 e. The minimum absolute atomic E-state index is 0.0676. The predicted octanol–water partition coefficient (Wildman–Crippen LogP) is 3.94. The normalized spacial score (nSPS) is 11.6. The number of ether oxygens (including phenoxy) is 1. The van der Waals surface area contributed by atoms with Crippen molar-refractivity contribution in [1.82, 2.24) is 15.5 Å². The molecule has 0 atom stereocenters. The molecular formula is C14H19N3OS2. The molecule has 20 heavy (non-hydrogen) atoms. The topological polar surface area (TPSA) is 47.0 Å². The highest BCUT2D eigenvalue weighted by Crippen LogP contribution is 2.32. The van der Waals surface area contributed by atoms with E-state index in [9.17, 15) is 0 Å². The van der Waals surface area contributed by atoms with Gasteiger partial charge in [-0.1, -0.05) is 28.6 Å². The van der Waals surface area contributed by atoms with Crippen LogP contribution in [0.5, 0.6) is 10.9 Å². The summed E-state index contributed by atoms with van der Waals surface area (Å²) in [5.74, 6) is 0.825. The van der Waals surface area contributed by atoms with E-state index in [1.165, 1.54) is 11.3 Å². The molecule has 0 spiro atoms. The Kier molecular flexibility index (Phi) is 5.01. The van der Waals surface area contributed by atoms with E-state index in [4.69, 9.17) is 4.74 Å². The van der Waals surface area contributed by atoms with E-state index in [2.05, 4.69) is 36.3 Å². The van der Waals surface area contributed by atoms with Crippen molar-refractivity contribution >= 4 is 23.1 Å². The first-order chi connectivity index (χ1) is 9.48. The van der Waals surface area contributed by atoms with Gasteiger partial charge in [-0.25, -0.2) is 0 Å². The van der Waals surface area contributed by atoms with Crippen LogP contribution in [0.15, 0.2) is 29.2 Å². The van der Waals surface area contributed by atoms with Crippen LogP contribution in [0.25, 0.3) is 0 Å². The van der Waals surface area contributed by atoms with Gasteiger partial charge in [-0.3, -0.25) is 0 Å². The second kappa shape index (κ2) is 6.56. The van der Waals surface area contributed by atoms with E-state index < -0.39 is 0 Å². The zero-order chi connectivity index (χ0) is 14.6. The Morgan fingerprint density at radius 3 is 2.70 bits per heavy atom. The van der Waals surface area contributed by atoms with Crippen molar-refractivity contribution in [3.05, 3.63) is 29.3 Å². The minimum Gasteiger partial charge on any atom is -0.429 e. The fourth-order valence-electron chi connectivity index (χ4n) is 1.49. The average Bonchev–Trinajstić information content (AvgIpc) is 2.84. The zero-order valence-electron chi connectivity index (χ0n) is 12.1. The molecule has 108 valence electrons. The Bertz CT molecular complexity index is 564. The average molecular weight is 309 g/mol. The summed E-state index contributed by atoms with van der Waals surface area (Å²) in [6, 6.07) is 7.93. The van der Waals surface area contributed by atoms with E-state index in [1.807, 2.05) is 30.5 Å². The maximum atomic E-state index is 5.81. The fraction of sp³-hybridized carbons (Fsp3) is 0.429. The zero-order valence-corrected chi connectivity index (χ0v) is 13.8. The molecule has 1 N–H and O–H groups in total. The summed E-state index contributed by atoms with van der Waals surface area (Å²) in [6.07, 6.45) is 2.03. The fourth-order valence-corrected chi connectivity index (χ4v) is 2.66. The summed E-state index contributed by atoms with van der Waals surface area (Å²) in [5, 5.41) is 13.1. The van der Waals surface area contributed by atoms with Gasteiger partial charge in [0.2, 0.25) is 0 Å².